The van der Waals surface area contributed by atoms with E-state index in [1.807, 2.05) is 18.3 Å². The quantitative estimate of drug-likeness (QED) is 0.880. The van der Waals surface area contributed by atoms with Gasteiger partial charge in [-0.05, 0) is 30.9 Å². The summed E-state index contributed by atoms with van der Waals surface area (Å²) < 4.78 is 2.22. The van der Waals surface area contributed by atoms with Gasteiger partial charge in [0.15, 0.2) is 0 Å². The molecule has 0 radical (unpaired) electrons. The molecule has 90 valence electrons. The predicted molar refractivity (Wildman–Crippen MR) is 67.6 cm³/mol. The van der Waals surface area contributed by atoms with Crippen LogP contribution in [0.1, 0.15) is 31.2 Å². The van der Waals surface area contributed by atoms with Crippen LogP contribution in [0.3, 0.4) is 0 Å². The summed E-state index contributed by atoms with van der Waals surface area (Å²) in [4.78, 5) is 4.44. The Morgan fingerprint density at radius 2 is 2.18 bits per heavy atom. The van der Waals surface area contributed by atoms with Gasteiger partial charge < -0.3 is 9.67 Å². The number of rotatable bonds is 3. The molecule has 0 bridgehead atoms. The Labute approximate surface area is 101 Å². The summed E-state index contributed by atoms with van der Waals surface area (Å²) in [5, 5.41) is 10.5. The van der Waals surface area contributed by atoms with E-state index in [9.17, 15) is 5.11 Å². The van der Waals surface area contributed by atoms with Crippen LogP contribution in [0.25, 0.3) is 11.0 Å². The average Bonchev–Trinajstić information content (AvgIpc) is 2.98. The van der Waals surface area contributed by atoms with E-state index >= 15 is 0 Å². The van der Waals surface area contributed by atoms with Gasteiger partial charge in [0.2, 0.25) is 0 Å². The van der Waals surface area contributed by atoms with Crippen LogP contribution in [0.4, 0.5) is 0 Å². The molecule has 1 fully saturated rings. The molecule has 3 rings (SSSR count). The van der Waals surface area contributed by atoms with Crippen molar-refractivity contribution in [1.82, 2.24) is 9.55 Å². The molecule has 0 aromatic carbocycles. The highest BCUT2D eigenvalue weighted by Gasteiger charge is 2.17. The Balaban J connectivity index is 1.97. The van der Waals surface area contributed by atoms with Gasteiger partial charge in [-0.2, -0.15) is 0 Å². The monoisotopic (exact) mass is 230 g/mol. The standard InChI is InChI=1S/C14H18N2O/c17-10-12-9-16(8-11-4-1-2-5-11)14-13(12)6-3-7-15-14/h3,6-7,9,11,17H,1-2,4-5,8,10H2. The molecule has 17 heavy (non-hydrogen) atoms. The van der Waals surface area contributed by atoms with Gasteiger partial charge in [-0.15, -0.1) is 0 Å². The molecule has 2 aromatic heterocycles. The maximum atomic E-state index is 9.37. The van der Waals surface area contributed by atoms with E-state index in [4.69, 9.17) is 0 Å². The second kappa shape index (κ2) is 4.49. The molecule has 0 unspecified atom stereocenters. The molecule has 0 spiro atoms. The first-order valence-electron chi connectivity index (χ1n) is 6.42. The number of pyridine rings is 1. The fourth-order valence-corrected chi connectivity index (χ4v) is 2.93. The third-order valence-corrected chi connectivity index (χ3v) is 3.82. The second-order valence-electron chi connectivity index (χ2n) is 4.99. The molecule has 1 saturated carbocycles. The molecule has 0 amide bonds. The summed E-state index contributed by atoms with van der Waals surface area (Å²) in [6.07, 6.45) is 9.29. The number of hydrogen-bond donors (Lipinski definition) is 1. The molecule has 1 N–H and O–H groups in total. The number of aliphatic hydroxyl groups excluding tert-OH is 1. The lowest BCUT2D eigenvalue weighted by atomic mass is 10.1. The summed E-state index contributed by atoms with van der Waals surface area (Å²) in [5.74, 6) is 0.791. The van der Waals surface area contributed by atoms with E-state index in [2.05, 4.69) is 15.7 Å². The highest BCUT2D eigenvalue weighted by Crippen LogP contribution is 2.28. The third kappa shape index (κ3) is 1.95. The lowest BCUT2D eigenvalue weighted by Crippen LogP contribution is -2.06. The predicted octanol–water partition coefficient (Wildman–Crippen LogP) is 2.72. The average molecular weight is 230 g/mol. The maximum Gasteiger partial charge on any atom is 0.140 e. The minimum Gasteiger partial charge on any atom is -0.392 e. The van der Waals surface area contributed by atoms with Gasteiger partial charge in [0.1, 0.15) is 5.65 Å². The van der Waals surface area contributed by atoms with Crippen molar-refractivity contribution in [3.63, 3.8) is 0 Å². The smallest absolute Gasteiger partial charge is 0.140 e. The van der Waals surface area contributed by atoms with Gasteiger partial charge in [-0.1, -0.05) is 12.8 Å². The summed E-state index contributed by atoms with van der Waals surface area (Å²) in [7, 11) is 0. The zero-order chi connectivity index (χ0) is 11.7. The summed E-state index contributed by atoms with van der Waals surface area (Å²) in [6, 6.07) is 3.97. The van der Waals surface area contributed by atoms with Crippen LogP contribution in [-0.2, 0) is 13.2 Å². The minimum absolute atomic E-state index is 0.0971. The van der Waals surface area contributed by atoms with Crippen molar-refractivity contribution in [2.24, 2.45) is 5.92 Å². The molecule has 1 aliphatic rings. The van der Waals surface area contributed by atoms with Crippen LogP contribution in [0, 0.1) is 5.92 Å². The first-order chi connectivity index (χ1) is 8.38. The van der Waals surface area contributed by atoms with Crippen LogP contribution >= 0.6 is 0 Å². The number of aromatic nitrogens is 2. The summed E-state index contributed by atoms with van der Waals surface area (Å²) in [5.41, 5.74) is 2.01. The van der Waals surface area contributed by atoms with Crippen LogP contribution in [0.5, 0.6) is 0 Å². The Hall–Kier alpha value is -1.35. The van der Waals surface area contributed by atoms with Crippen molar-refractivity contribution in [3.8, 4) is 0 Å². The van der Waals surface area contributed by atoms with Crippen molar-refractivity contribution < 1.29 is 5.11 Å². The SMILES string of the molecule is OCc1cn(CC2CCCC2)c2ncccc12. The zero-order valence-electron chi connectivity index (χ0n) is 9.97. The number of aliphatic hydroxyl groups is 1. The second-order valence-corrected chi connectivity index (χ2v) is 4.99. The number of fused-ring (bicyclic) bond motifs is 1. The van der Waals surface area contributed by atoms with Crippen LogP contribution < -0.4 is 0 Å². The molecule has 0 saturated heterocycles. The van der Waals surface area contributed by atoms with Gasteiger partial charge in [0.05, 0.1) is 6.61 Å². The minimum atomic E-state index is 0.0971. The molecular weight excluding hydrogens is 212 g/mol. The Kier molecular flexibility index (Phi) is 2.85. The summed E-state index contributed by atoms with van der Waals surface area (Å²) >= 11 is 0. The van der Waals surface area contributed by atoms with Crippen LogP contribution in [0.15, 0.2) is 24.5 Å². The number of nitrogens with zero attached hydrogens (tertiary/aromatic N) is 2. The maximum absolute atomic E-state index is 9.37. The topological polar surface area (TPSA) is 38.0 Å². The van der Waals surface area contributed by atoms with Crippen molar-refractivity contribution in [1.29, 1.82) is 0 Å². The van der Waals surface area contributed by atoms with Crippen molar-refractivity contribution in [2.75, 3.05) is 0 Å². The Morgan fingerprint density at radius 3 is 2.94 bits per heavy atom. The van der Waals surface area contributed by atoms with Gasteiger partial charge >= 0.3 is 0 Å². The van der Waals surface area contributed by atoms with E-state index in [-0.39, 0.29) is 6.61 Å². The summed E-state index contributed by atoms with van der Waals surface area (Å²) in [6.45, 7) is 1.15. The normalized spacial score (nSPS) is 17.0. The van der Waals surface area contributed by atoms with Crippen LogP contribution in [0.2, 0.25) is 0 Å². The van der Waals surface area contributed by atoms with Gasteiger partial charge in [-0.3, -0.25) is 0 Å². The lowest BCUT2D eigenvalue weighted by Gasteiger charge is -2.10. The van der Waals surface area contributed by atoms with E-state index < -0.39 is 0 Å². The fraction of sp³-hybridized carbons (Fsp3) is 0.500. The van der Waals surface area contributed by atoms with E-state index in [0.717, 1.165) is 29.1 Å². The Morgan fingerprint density at radius 1 is 1.35 bits per heavy atom. The highest BCUT2D eigenvalue weighted by atomic mass is 16.3. The number of hydrogen-bond acceptors (Lipinski definition) is 2. The Bertz CT molecular complexity index is 512. The molecule has 2 heterocycles. The van der Waals surface area contributed by atoms with Gasteiger partial charge in [0, 0.05) is 29.9 Å². The van der Waals surface area contributed by atoms with Crippen molar-refractivity contribution >= 4 is 11.0 Å². The lowest BCUT2D eigenvalue weighted by molar-refractivity contribution is 0.283. The van der Waals surface area contributed by atoms with Gasteiger partial charge in [-0.25, -0.2) is 4.98 Å². The van der Waals surface area contributed by atoms with Gasteiger partial charge in [0.25, 0.3) is 0 Å². The molecule has 3 nitrogen and oxygen atoms in total. The molecule has 2 aromatic rings. The molecule has 0 atom stereocenters. The van der Waals surface area contributed by atoms with E-state index in [0.29, 0.717) is 0 Å². The van der Waals surface area contributed by atoms with E-state index in [1.165, 1.54) is 25.7 Å². The van der Waals surface area contributed by atoms with Crippen molar-refractivity contribution in [2.45, 2.75) is 38.8 Å². The zero-order valence-corrected chi connectivity index (χ0v) is 9.97. The van der Waals surface area contributed by atoms with Crippen LogP contribution in [-0.4, -0.2) is 14.7 Å². The third-order valence-electron chi connectivity index (χ3n) is 3.82. The first kappa shape index (κ1) is 10.8. The molecule has 1 aliphatic carbocycles. The van der Waals surface area contributed by atoms with Crippen molar-refractivity contribution in [3.05, 3.63) is 30.1 Å². The fourth-order valence-electron chi connectivity index (χ4n) is 2.93. The highest BCUT2D eigenvalue weighted by molar-refractivity contribution is 5.80. The molecular formula is C14H18N2O. The van der Waals surface area contributed by atoms with E-state index in [1.54, 1.807) is 0 Å². The largest absolute Gasteiger partial charge is 0.392 e. The molecule has 3 heteroatoms. The first-order valence-corrected chi connectivity index (χ1v) is 6.42. The molecule has 0 aliphatic heterocycles.